The van der Waals surface area contributed by atoms with Gasteiger partial charge in [-0.1, -0.05) is 0 Å². The van der Waals surface area contributed by atoms with Gasteiger partial charge in [0.25, 0.3) is 0 Å². The summed E-state index contributed by atoms with van der Waals surface area (Å²) in [6, 6.07) is 6.44. The summed E-state index contributed by atoms with van der Waals surface area (Å²) in [4.78, 5) is 22.3. The van der Waals surface area contributed by atoms with E-state index in [0.29, 0.717) is 17.9 Å². The summed E-state index contributed by atoms with van der Waals surface area (Å²) < 4.78 is 9.88. The highest BCUT2D eigenvalue weighted by Gasteiger charge is 2.05. The highest BCUT2D eigenvalue weighted by molar-refractivity contribution is 5.97. The minimum atomic E-state index is -0.422. The lowest BCUT2D eigenvalue weighted by molar-refractivity contribution is -0.145. The van der Waals surface area contributed by atoms with Crippen LogP contribution in [0.5, 0.6) is 5.75 Å². The number of hydrogen-bond donors (Lipinski definition) is 1. The number of carbonyl (C=O) groups is 2. The molecule has 0 amide bonds. The Morgan fingerprint density at radius 2 is 1.83 bits per heavy atom. The van der Waals surface area contributed by atoms with Crippen LogP contribution in [0.3, 0.4) is 0 Å². The number of nitrogens with two attached hydrogens (primary N) is 1. The Labute approximate surface area is 112 Å². The Morgan fingerprint density at radius 3 is 2.33 bits per heavy atom. The van der Waals surface area contributed by atoms with Crippen molar-refractivity contribution in [3.8, 4) is 5.75 Å². The van der Waals surface area contributed by atoms with E-state index >= 15 is 0 Å². The number of ketones is 1. The van der Waals surface area contributed by atoms with E-state index in [1.807, 2.05) is 0 Å². The van der Waals surface area contributed by atoms with Gasteiger partial charge in [0, 0.05) is 5.56 Å². The van der Waals surface area contributed by atoms with Crippen molar-refractivity contribution in [2.45, 2.75) is 6.92 Å². The number of carbonyl (C=O) groups excluding carboxylic acids is 2. The molecule has 0 radical (unpaired) electrons. The maximum Gasteiger partial charge on any atom is 0.344 e. The first-order valence-electron chi connectivity index (χ1n) is 5.29. The first kappa shape index (κ1) is 16.4. The van der Waals surface area contributed by atoms with E-state index in [2.05, 4.69) is 0 Å². The van der Waals surface area contributed by atoms with Crippen LogP contribution in [0.2, 0.25) is 0 Å². The smallest absolute Gasteiger partial charge is 0.344 e. The molecule has 0 fully saturated rings. The molecule has 1 aromatic rings. The van der Waals surface area contributed by atoms with Crippen molar-refractivity contribution in [1.82, 2.24) is 0 Å². The van der Waals surface area contributed by atoms with Gasteiger partial charge in [0.2, 0.25) is 0 Å². The van der Waals surface area contributed by atoms with Gasteiger partial charge in [-0.25, -0.2) is 4.79 Å². The van der Waals surface area contributed by atoms with Crippen LogP contribution in [0.1, 0.15) is 17.3 Å². The average molecular weight is 274 g/mol. The van der Waals surface area contributed by atoms with E-state index in [4.69, 9.17) is 15.2 Å². The minimum Gasteiger partial charge on any atom is -0.482 e. The third-order valence-electron chi connectivity index (χ3n) is 2.02. The summed E-state index contributed by atoms with van der Waals surface area (Å²) >= 11 is 0. The van der Waals surface area contributed by atoms with Gasteiger partial charge in [0.1, 0.15) is 5.75 Å². The van der Waals surface area contributed by atoms with E-state index < -0.39 is 5.97 Å². The number of Topliss-reactive ketones (excluding diaryl/α,β-unsaturated/α-hetero) is 1. The van der Waals surface area contributed by atoms with Gasteiger partial charge in [-0.15, -0.1) is 12.4 Å². The predicted octanol–water partition coefficient (Wildman–Crippen LogP) is 1.19. The second-order valence-electron chi connectivity index (χ2n) is 3.25. The maximum atomic E-state index is 11.2. The summed E-state index contributed by atoms with van der Waals surface area (Å²) in [5, 5.41) is 0. The number of benzene rings is 1. The van der Waals surface area contributed by atoms with Gasteiger partial charge in [0.05, 0.1) is 13.2 Å². The standard InChI is InChI=1S/C12H15NO4.ClH/c1-2-16-12(15)8-17-10-5-3-9(4-6-10)11(14)7-13;/h3-6H,2,7-8,13H2,1H3;1H. The molecule has 1 rings (SSSR count). The number of rotatable bonds is 6. The molecule has 2 N–H and O–H groups in total. The quantitative estimate of drug-likeness (QED) is 0.622. The van der Waals surface area contributed by atoms with Crippen LogP contribution in [0, 0.1) is 0 Å². The third-order valence-corrected chi connectivity index (χ3v) is 2.02. The number of ether oxygens (including phenoxy) is 2. The predicted molar refractivity (Wildman–Crippen MR) is 69.2 cm³/mol. The van der Waals surface area contributed by atoms with Crippen molar-refractivity contribution in [3.63, 3.8) is 0 Å². The minimum absolute atomic E-state index is 0. The highest BCUT2D eigenvalue weighted by atomic mass is 35.5. The first-order valence-corrected chi connectivity index (χ1v) is 5.29. The van der Waals surface area contributed by atoms with Gasteiger partial charge in [-0.3, -0.25) is 4.79 Å². The van der Waals surface area contributed by atoms with Crippen molar-refractivity contribution in [1.29, 1.82) is 0 Å². The Bertz CT molecular complexity index is 392. The molecule has 0 bridgehead atoms. The molecule has 0 heterocycles. The maximum absolute atomic E-state index is 11.2. The Morgan fingerprint density at radius 1 is 1.22 bits per heavy atom. The Hall–Kier alpha value is -1.59. The third kappa shape index (κ3) is 5.16. The molecular weight excluding hydrogens is 258 g/mol. The lowest BCUT2D eigenvalue weighted by Crippen LogP contribution is -2.15. The zero-order valence-electron chi connectivity index (χ0n) is 10.0. The van der Waals surface area contributed by atoms with Gasteiger partial charge >= 0.3 is 5.97 Å². The Balaban J connectivity index is 0.00000289. The summed E-state index contributed by atoms with van der Waals surface area (Å²) in [7, 11) is 0. The first-order chi connectivity index (χ1) is 8.17. The fraction of sp³-hybridized carbons (Fsp3) is 0.333. The van der Waals surface area contributed by atoms with Gasteiger partial charge in [-0.05, 0) is 31.2 Å². The lowest BCUT2D eigenvalue weighted by Gasteiger charge is -2.06. The monoisotopic (exact) mass is 273 g/mol. The van der Waals surface area contributed by atoms with Crippen LogP contribution >= 0.6 is 12.4 Å². The van der Waals surface area contributed by atoms with E-state index in [-0.39, 0.29) is 31.3 Å². The highest BCUT2D eigenvalue weighted by Crippen LogP contribution is 2.12. The topological polar surface area (TPSA) is 78.6 Å². The van der Waals surface area contributed by atoms with Crippen molar-refractivity contribution >= 4 is 24.2 Å². The van der Waals surface area contributed by atoms with Gasteiger partial charge in [0.15, 0.2) is 12.4 Å². The van der Waals surface area contributed by atoms with Crippen LogP contribution < -0.4 is 10.5 Å². The summed E-state index contributed by atoms with van der Waals surface area (Å²) in [6.07, 6.45) is 0. The van der Waals surface area contributed by atoms with Crippen LogP contribution in [-0.2, 0) is 9.53 Å². The molecule has 0 aliphatic rings. The summed E-state index contributed by atoms with van der Waals surface area (Å²) in [6.45, 7) is 1.89. The molecule has 0 spiro atoms. The number of esters is 1. The largest absolute Gasteiger partial charge is 0.482 e. The Kier molecular flexibility index (Phi) is 7.74. The molecule has 5 nitrogen and oxygen atoms in total. The molecule has 0 aliphatic heterocycles. The van der Waals surface area contributed by atoms with E-state index in [1.165, 1.54) is 0 Å². The zero-order chi connectivity index (χ0) is 12.7. The van der Waals surface area contributed by atoms with Gasteiger partial charge in [-0.2, -0.15) is 0 Å². The van der Waals surface area contributed by atoms with Crippen LogP contribution in [-0.4, -0.2) is 31.5 Å². The second-order valence-corrected chi connectivity index (χ2v) is 3.25. The van der Waals surface area contributed by atoms with E-state index in [0.717, 1.165) is 0 Å². The molecule has 6 heteroatoms. The fourth-order valence-corrected chi connectivity index (χ4v) is 1.20. The molecule has 100 valence electrons. The zero-order valence-corrected chi connectivity index (χ0v) is 10.9. The molecule has 0 saturated carbocycles. The molecular formula is C12H16ClNO4. The van der Waals surface area contributed by atoms with E-state index in [9.17, 15) is 9.59 Å². The second kappa shape index (κ2) is 8.49. The van der Waals surface area contributed by atoms with Crippen LogP contribution in [0.15, 0.2) is 24.3 Å². The van der Waals surface area contributed by atoms with Crippen LogP contribution in [0.4, 0.5) is 0 Å². The molecule has 0 unspecified atom stereocenters. The number of hydrogen-bond acceptors (Lipinski definition) is 5. The summed E-state index contributed by atoms with van der Waals surface area (Å²) in [5.74, 6) is -0.0526. The molecule has 0 atom stereocenters. The molecule has 0 saturated heterocycles. The van der Waals surface area contributed by atoms with Crippen molar-refractivity contribution in [3.05, 3.63) is 29.8 Å². The normalized spacial score (nSPS) is 9.22. The summed E-state index contributed by atoms with van der Waals surface area (Å²) in [5.41, 5.74) is 5.76. The molecule has 1 aromatic carbocycles. The molecule has 18 heavy (non-hydrogen) atoms. The molecule has 0 aliphatic carbocycles. The fourth-order valence-electron chi connectivity index (χ4n) is 1.20. The molecule has 0 aromatic heterocycles. The van der Waals surface area contributed by atoms with Crippen molar-refractivity contribution in [2.24, 2.45) is 5.73 Å². The lowest BCUT2D eigenvalue weighted by atomic mass is 10.1. The van der Waals surface area contributed by atoms with Crippen molar-refractivity contribution in [2.75, 3.05) is 19.8 Å². The SMILES string of the molecule is CCOC(=O)COc1ccc(C(=O)CN)cc1.Cl. The number of halogens is 1. The van der Waals surface area contributed by atoms with Crippen LogP contribution in [0.25, 0.3) is 0 Å². The van der Waals surface area contributed by atoms with Gasteiger partial charge < -0.3 is 15.2 Å². The van der Waals surface area contributed by atoms with E-state index in [1.54, 1.807) is 31.2 Å². The average Bonchev–Trinajstić information content (AvgIpc) is 2.36. The van der Waals surface area contributed by atoms with Crippen molar-refractivity contribution < 1.29 is 19.1 Å².